The Hall–Kier alpha value is -1.64. The molecule has 0 aliphatic carbocycles. The predicted octanol–water partition coefficient (Wildman–Crippen LogP) is 1.45. The number of piperazine rings is 1. The van der Waals surface area contributed by atoms with E-state index >= 15 is 0 Å². The van der Waals surface area contributed by atoms with E-state index in [0.717, 1.165) is 5.57 Å². The first-order valence-corrected chi connectivity index (χ1v) is 9.51. The van der Waals surface area contributed by atoms with E-state index in [-0.39, 0.29) is 4.90 Å². The Morgan fingerprint density at radius 1 is 1.25 bits per heavy atom. The van der Waals surface area contributed by atoms with Gasteiger partial charge in [-0.1, -0.05) is 12.2 Å². The van der Waals surface area contributed by atoms with Gasteiger partial charge in [-0.2, -0.15) is 4.31 Å². The van der Waals surface area contributed by atoms with Gasteiger partial charge in [-0.25, -0.2) is 8.42 Å². The molecular formula is C16H23N3O3S2. The van der Waals surface area contributed by atoms with Crippen LogP contribution in [0.15, 0.2) is 41.3 Å². The topological polar surface area (TPSA) is 61.9 Å². The van der Waals surface area contributed by atoms with Gasteiger partial charge < -0.3 is 15.0 Å². The number of benzene rings is 1. The van der Waals surface area contributed by atoms with Crippen LogP contribution < -0.4 is 10.1 Å². The first-order valence-electron chi connectivity index (χ1n) is 7.66. The molecule has 1 aliphatic heterocycles. The van der Waals surface area contributed by atoms with Crippen LogP contribution in [0.5, 0.6) is 5.75 Å². The summed E-state index contributed by atoms with van der Waals surface area (Å²) < 4.78 is 31.9. The smallest absolute Gasteiger partial charge is 0.243 e. The molecule has 1 aromatic rings. The van der Waals surface area contributed by atoms with Crippen LogP contribution in [0, 0.1) is 0 Å². The number of ether oxygens (including phenoxy) is 1. The second kappa shape index (κ2) is 7.96. The monoisotopic (exact) mass is 369 g/mol. The van der Waals surface area contributed by atoms with Gasteiger partial charge in [0.25, 0.3) is 0 Å². The Morgan fingerprint density at radius 3 is 2.33 bits per heavy atom. The third-order valence-corrected chi connectivity index (χ3v) is 6.08. The molecule has 2 rings (SSSR count). The number of thiocarbonyl (C=S) groups is 1. The van der Waals surface area contributed by atoms with E-state index in [1.165, 1.54) is 4.31 Å². The lowest BCUT2D eigenvalue weighted by atomic mass is 10.3. The van der Waals surface area contributed by atoms with Crippen LogP contribution in [-0.4, -0.2) is 62.6 Å². The molecule has 0 unspecified atom stereocenters. The summed E-state index contributed by atoms with van der Waals surface area (Å²) in [7, 11) is -1.94. The molecule has 1 heterocycles. The summed E-state index contributed by atoms with van der Waals surface area (Å²) >= 11 is 5.34. The lowest BCUT2D eigenvalue weighted by Gasteiger charge is -2.35. The summed E-state index contributed by atoms with van der Waals surface area (Å²) in [6.45, 7) is 8.32. The van der Waals surface area contributed by atoms with Crippen LogP contribution in [0.25, 0.3) is 0 Å². The normalized spacial score (nSPS) is 15.8. The Balaban J connectivity index is 1.97. The Kier molecular flexibility index (Phi) is 6.20. The molecule has 0 amide bonds. The Morgan fingerprint density at radius 2 is 1.83 bits per heavy atom. The zero-order chi connectivity index (χ0) is 17.7. The van der Waals surface area contributed by atoms with E-state index in [1.807, 2.05) is 11.8 Å². The van der Waals surface area contributed by atoms with Crippen LogP contribution in [0.2, 0.25) is 0 Å². The molecule has 1 saturated heterocycles. The minimum atomic E-state index is -3.49. The van der Waals surface area contributed by atoms with Gasteiger partial charge in [0.15, 0.2) is 5.11 Å². The van der Waals surface area contributed by atoms with E-state index in [4.69, 9.17) is 17.0 Å². The lowest BCUT2D eigenvalue weighted by Crippen LogP contribution is -2.53. The average molecular weight is 370 g/mol. The van der Waals surface area contributed by atoms with Gasteiger partial charge in [-0.15, -0.1) is 0 Å². The van der Waals surface area contributed by atoms with Gasteiger partial charge in [0, 0.05) is 32.7 Å². The van der Waals surface area contributed by atoms with E-state index in [1.54, 1.807) is 31.4 Å². The first-order chi connectivity index (χ1) is 11.3. The van der Waals surface area contributed by atoms with Gasteiger partial charge in [0.2, 0.25) is 10.0 Å². The second-order valence-corrected chi connectivity index (χ2v) is 8.01. The largest absolute Gasteiger partial charge is 0.497 e. The van der Waals surface area contributed by atoms with Crippen molar-refractivity contribution in [2.75, 3.05) is 39.8 Å². The van der Waals surface area contributed by atoms with E-state index in [0.29, 0.717) is 43.6 Å². The first kappa shape index (κ1) is 18.7. The van der Waals surface area contributed by atoms with Crippen LogP contribution in [0.3, 0.4) is 0 Å². The molecule has 8 heteroatoms. The van der Waals surface area contributed by atoms with Crippen molar-refractivity contribution in [1.82, 2.24) is 14.5 Å². The molecule has 24 heavy (non-hydrogen) atoms. The van der Waals surface area contributed by atoms with Gasteiger partial charge in [-0.3, -0.25) is 0 Å². The Labute approximate surface area is 149 Å². The molecule has 0 aromatic heterocycles. The third-order valence-electron chi connectivity index (χ3n) is 3.76. The standard InChI is InChI=1S/C16H23N3O3S2/c1-13(2)12-17-16(23)18-8-10-19(11-9-18)24(20,21)15-6-4-14(22-3)5-7-15/h4-7H,1,8-12H2,2-3H3,(H,17,23). The third kappa shape index (κ3) is 4.46. The SMILES string of the molecule is C=C(C)CNC(=S)N1CCN(S(=O)(=O)c2ccc(OC)cc2)CC1. The maximum atomic E-state index is 12.7. The molecule has 1 fully saturated rings. The quantitative estimate of drug-likeness (QED) is 0.626. The molecule has 0 spiro atoms. The number of hydrogen-bond acceptors (Lipinski definition) is 4. The summed E-state index contributed by atoms with van der Waals surface area (Å²) in [6.07, 6.45) is 0. The van der Waals surface area contributed by atoms with Gasteiger partial charge in [-0.05, 0) is 43.4 Å². The van der Waals surface area contributed by atoms with Crippen molar-refractivity contribution in [3.8, 4) is 5.75 Å². The van der Waals surface area contributed by atoms with Crippen LogP contribution in [0.4, 0.5) is 0 Å². The summed E-state index contributed by atoms with van der Waals surface area (Å²) in [5, 5.41) is 3.76. The zero-order valence-electron chi connectivity index (χ0n) is 14.0. The maximum Gasteiger partial charge on any atom is 0.243 e. The fourth-order valence-corrected chi connectivity index (χ4v) is 4.04. The second-order valence-electron chi connectivity index (χ2n) is 5.68. The molecule has 0 atom stereocenters. The highest BCUT2D eigenvalue weighted by atomic mass is 32.2. The number of sulfonamides is 1. The summed E-state index contributed by atoms with van der Waals surface area (Å²) in [5.74, 6) is 0.632. The fraction of sp³-hybridized carbons (Fsp3) is 0.438. The van der Waals surface area contributed by atoms with Crippen LogP contribution in [0.1, 0.15) is 6.92 Å². The number of hydrogen-bond donors (Lipinski definition) is 1. The summed E-state index contributed by atoms with van der Waals surface area (Å²) in [6, 6.07) is 6.44. The molecule has 1 N–H and O–H groups in total. The summed E-state index contributed by atoms with van der Waals surface area (Å²) in [5.41, 5.74) is 0.998. The van der Waals surface area contributed by atoms with E-state index in [9.17, 15) is 8.42 Å². The molecule has 0 saturated carbocycles. The fourth-order valence-electron chi connectivity index (χ4n) is 2.37. The van der Waals surface area contributed by atoms with Crippen LogP contribution >= 0.6 is 12.2 Å². The van der Waals surface area contributed by atoms with Crippen molar-refractivity contribution in [2.24, 2.45) is 0 Å². The van der Waals surface area contributed by atoms with Crippen molar-refractivity contribution in [3.05, 3.63) is 36.4 Å². The highest BCUT2D eigenvalue weighted by molar-refractivity contribution is 7.89. The zero-order valence-corrected chi connectivity index (χ0v) is 15.6. The van der Waals surface area contributed by atoms with Gasteiger partial charge >= 0.3 is 0 Å². The van der Waals surface area contributed by atoms with E-state index < -0.39 is 10.0 Å². The van der Waals surface area contributed by atoms with Crippen molar-refractivity contribution >= 4 is 27.4 Å². The minimum Gasteiger partial charge on any atom is -0.497 e. The molecule has 0 bridgehead atoms. The molecule has 1 aliphatic rings. The van der Waals surface area contributed by atoms with Crippen molar-refractivity contribution in [1.29, 1.82) is 0 Å². The highest BCUT2D eigenvalue weighted by Crippen LogP contribution is 2.20. The average Bonchev–Trinajstić information content (AvgIpc) is 2.59. The molecule has 6 nitrogen and oxygen atoms in total. The lowest BCUT2D eigenvalue weighted by molar-refractivity contribution is 0.264. The highest BCUT2D eigenvalue weighted by Gasteiger charge is 2.29. The summed E-state index contributed by atoms with van der Waals surface area (Å²) in [4.78, 5) is 2.26. The predicted molar refractivity (Wildman–Crippen MR) is 98.7 cm³/mol. The van der Waals surface area contributed by atoms with Gasteiger partial charge in [0.1, 0.15) is 5.75 Å². The Bertz CT molecular complexity index is 694. The van der Waals surface area contributed by atoms with Crippen molar-refractivity contribution < 1.29 is 13.2 Å². The van der Waals surface area contributed by atoms with Gasteiger partial charge in [0.05, 0.1) is 12.0 Å². The molecule has 0 radical (unpaired) electrons. The maximum absolute atomic E-state index is 12.7. The molecule has 1 aromatic carbocycles. The minimum absolute atomic E-state index is 0.278. The van der Waals surface area contributed by atoms with Crippen LogP contribution in [-0.2, 0) is 10.0 Å². The number of nitrogens with zero attached hydrogens (tertiary/aromatic N) is 2. The number of nitrogens with one attached hydrogen (secondary N) is 1. The van der Waals surface area contributed by atoms with E-state index in [2.05, 4.69) is 11.9 Å². The van der Waals surface area contributed by atoms with Crippen molar-refractivity contribution in [3.63, 3.8) is 0 Å². The number of rotatable bonds is 5. The van der Waals surface area contributed by atoms with Crippen molar-refractivity contribution in [2.45, 2.75) is 11.8 Å². The number of methoxy groups -OCH3 is 1. The molecule has 132 valence electrons. The molecular weight excluding hydrogens is 346 g/mol.